The highest BCUT2D eigenvalue weighted by Gasteiger charge is 2.21. The zero-order valence-electron chi connectivity index (χ0n) is 11.1. The van der Waals surface area contributed by atoms with Gasteiger partial charge in [-0.1, -0.05) is 0 Å². The second-order valence-electron chi connectivity index (χ2n) is 5.27. The molecule has 2 rings (SSSR count). The standard InChI is InChI=1S/C13H21BrN4/c1-17(2)9-10-3-5-18(6-4-10)13-12(14)7-11(15)8-16-13/h7-8,10H,3-6,9,15H2,1-2H3. The van der Waals surface area contributed by atoms with Gasteiger partial charge in [-0.2, -0.15) is 0 Å². The zero-order valence-corrected chi connectivity index (χ0v) is 12.7. The van der Waals surface area contributed by atoms with E-state index >= 15 is 0 Å². The van der Waals surface area contributed by atoms with Crippen LogP contribution in [0.4, 0.5) is 11.5 Å². The molecule has 0 aliphatic carbocycles. The molecule has 0 amide bonds. The molecule has 1 aliphatic rings. The van der Waals surface area contributed by atoms with E-state index in [4.69, 9.17) is 5.73 Å². The van der Waals surface area contributed by atoms with Crippen LogP contribution in [0.3, 0.4) is 0 Å². The number of nitrogens with two attached hydrogens (primary N) is 1. The van der Waals surface area contributed by atoms with Gasteiger partial charge in [0.1, 0.15) is 5.82 Å². The average Bonchev–Trinajstić information content (AvgIpc) is 2.30. The van der Waals surface area contributed by atoms with Crippen LogP contribution in [-0.4, -0.2) is 43.6 Å². The minimum Gasteiger partial charge on any atom is -0.397 e. The zero-order chi connectivity index (χ0) is 13.1. The van der Waals surface area contributed by atoms with E-state index in [1.807, 2.05) is 6.07 Å². The molecule has 18 heavy (non-hydrogen) atoms. The molecule has 0 aromatic carbocycles. The van der Waals surface area contributed by atoms with Crippen molar-refractivity contribution in [1.29, 1.82) is 0 Å². The van der Waals surface area contributed by atoms with Crippen LogP contribution in [0.15, 0.2) is 16.7 Å². The Bertz CT molecular complexity index is 400. The van der Waals surface area contributed by atoms with Crippen LogP contribution < -0.4 is 10.6 Å². The van der Waals surface area contributed by atoms with Gasteiger partial charge in [-0.05, 0) is 54.9 Å². The molecule has 0 radical (unpaired) electrons. The molecular formula is C13H21BrN4. The highest BCUT2D eigenvalue weighted by atomic mass is 79.9. The number of anilines is 2. The number of hydrogen-bond donors (Lipinski definition) is 1. The number of piperidine rings is 1. The highest BCUT2D eigenvalue weighted by molar-refractivity contribution is 9.10. The summed E-state index contributed by atoms with van der Waals surface area (Å²) >= 11 is 3.55. The number of rotatable bonds is 3. The highest BCUT2D eigenvalue weighted by Crippen LogP contribution is 2.29. The van der Waals surface area contributed by atoms with Crippen LogP contribution in [0.1, 0.15) is 12.8 Å². The number of hydrogen-bond acceptors (Lipinski definition) is 4. The Morgan fingerprint density at radius 2 is 2.11 bits per heavy atom. The number of halogens is 1. The first kappa shape index (κ1) is 13.6. The van der Waals surface area contributed by atoms with Crippen molar-refractivity contribution in [3.05, 3.63) is 16.7 Å². The maximum Gasteiger partial charge on any atom is 0.143 e. The van der Waals surface area contributed by atoms with Crippen LogP contribution >= 0.6 is 15.9 Å². The first-order valence-electron chi connectivity index (χ1n) is 6.37. The van der Waals surface area contributed by atoms with E-state index in [0.29, 0.717) is 5.69 Å². The lowest BCUT2D eigenvalue weighted by Crippen LogP contribution is -2.37. The van der Waals surface area contributed by atoms with Crippen LogP contribution in [0.2, 0.25) is 0 Å². The molecule has 2 heterocycles. The molecule has 0 bridgehead atoms. The van der Waals surface area contributed by atoms with Crippen molar-refractivity contribution in [3.63, 3.8) is 0 Å². The van der Waals surface area contributed by atoms with Crippen molar-refractivity contribution in [2.75, 3.05) is 44.4 Å². The van der Waals surface area contributed by atoms with Crippen molar-refractivity contribution < 1.29 is 0 Å². The summed E-state index contributed by atoms with van der Waals surface area (Å²) in [5.41, 5.74) is 6.42. The summed E-state index contributed by atoms with van der Waals surface area (Å²) in [7, 11) is 4.29. The second-order valence-corrected chi connectivity index (χ2v) is 6.12. The summed E-state index contributed by atoms with van der Waals surface area (Å²) in [4.78, 5) is 9.05. The number of nitrogen functional groups attached to an aromatic ring is 1. The average molecular weight is 313 g/mol. The smallest absolute Gasteiger partial charge is 0.143 e. The molecular weight excluding hydrogens is 292 g/mol. The summed E-state index contributed by atoms with van der Waals surface area (Å²) in [6, 6.07) is 1.92. The Labute approximate surface area is 117 Å². The normalized spacial score (nSPS) is 17.4. The SMILES string of the molecule is CN(C)CC1CCN(c2ncc(N)cc2Br)CC1. The Balaban J connectivity index is 1.97. The predicted molar refractivity (Wildman–Crippen MR) is 79.8 cm³/mol. The number of pyridine rings is 1. The molecule has 1 aromatic heterocycles. The summed E-state index contributed by atoms with van der Waals surface area (Å²) in [5.74, 6) is 1.83. The molecule has 1 saturated heterocycles. The Morgan fingerprint density at radius 1 is 1.44 bits per heavy atom. The lowest BCUT2D eigenvalue weighted by Gasteiger charge is -2.34. The molecule has 0 spiro atoms. The van der Waals surface area contributed by atoms with E-state index in [2.05, 4.69) is 44.8 Å². The third-order valence-electron chi connectivity index (χ3n) is 3.38. The largest absolute Gasteiger partial charge is 0.397 e. The molecule has 0 atom stereocenters. The van der Waals surface area contributed by atoms with E-state index in [1.54, 1.807) is 6.20 Å². The molecule has 2 N–H and O–H groups in total. The Kier molecular flexibility index (Phi) is 4.45. The van der Waals surface area contributed by atoms with Crippen molar-refractivity contribution in [3.8, 4) is 0 Å². The van der Waals surface area contributed by atoms with Gasteiger partial charge in [-0.3, -0.25) is 0 Å². The van der Waals surface area contributed by atoms with E-state index in [9.17, 15) is 0 Å². The van der Waals surface area contributed by atoms with Crippen molar-refractivity contribution >= 4 is 27.4 Å². The maximum atomic E-state index is 5.72. The molecule has 5 heteroatoms. The van der Waals surface area contributed by atoms with Gasteiger partial charge in [0.15, 0.2) is 0 Å². The molecule has 1 aromatic rings. The molecule has 0 unspecified atom stereocenters. The molecule has 1 aliphatic heterocycles. The van der Waals surface area contributed by atoms with Gasteiger partial charge in [0.25, 0.3) is 0 Å². The number of nitrogens with zero attached hydrogens (tertiary/aromatic N) is 3. The van der Waals surface area contributed by atoms with Gasteiger partial charge in [-0.25, -0.2) is 4.98 Å². The minimum atomic E-state index is 0.702. The van der Waals surface area contributed by atoms with Gasteiger partial charge in [0, 0.05) is 19.6 Å². The lowest BCUT2D eigenvalue weighted by molar-refractivity contribution is 0.284. The second kappa shape index (κ2) is 5.89. The van der Waals surface area contributed by atoms with E-state index in [-0.39, 0.29) is 0 Å². The summed E-state index contributed by atoms with van der Waals surface area (Å²) in [6.07, 6.45) is 4.19. The van der Waals surface area contributed by atoms with Gasteiger partial charge in [0.2, 0.25) is 0 Å². The summed E-state index contributed by atoms with van der Waals surface area (Å²) in [5, 5.41) is 0. The van der Waals surface area contributed by atoms with E-state index < -0.39 is 0 Å². The molecule has 4 nitrogen and oxygen atoms in total. The van der Waals surface area contributed by atoms with Crippen LogP contribution in [-0.2, 0) is 0 Å². The minimum absolute atomic E-state index is 0.702. The molecule has 100 valence electrons. The van der Waals surface area contributed by atoms with Gasteiger partial charge in [0.05, 0.1) is 16.4 Å². The van der Waals surface area contributed by atoms with Gasteiger partial charge < -0.3 is 15.5 Å². The predicted octanol–water partition coefficient (Wildman–Crippen LogP) is 2.20. The van der Waals surface area contributed by atoms with Crippen LogP contribution in [0, 0.1) is 5.92 Å². The van der Waals surface area contributed by atoms with Crippen LogP contribution in [0.5, 0.6) is 0 Å². The monoisotopic (exact) mass is 312 g/mol. The first-order valence-corrected chi connectivity index (χ1v) is 7.16. The van der Waals surface area contributed by atoms with Crippen LogP contribution in [0.25, 0.3) is 0 Å². The fourth-order valence-corrected chi connectivity index (χ4v) is 3.14. The maximum absolute atomic E-state index is 5.72. The first-order chi connectivity index (χ1) is 8.56. The summed E-state index contributed by atoms with van der Waals surface area (Å²) < 4.78 is 0.994. The van der Waals surface area contributed by atoms with Crippen molar-refractivity contribution in [2.45, 2.75) is 12.8 Å². The molecule has 0 saturated carbocycles. The quantitative estimate of drug-likeness (QED) is 0.929. The van der Waals surface area contributed by atoms with Gasteiger partial charge in [-0.15, -0.1) is 0 Å². The summed E-state index contributed by atoms with van der Waals surface area (Å²) in [6.45, 7) is 3.34. The Morgan fingerprint density at radius 3 is 2.67 bits per heavy atom. The topological polar surface area (TPSA) is 45.4 Å². The Hall–Kier alpha value is -0.810. The third-order valence-corrected chi connectivity index (χ3v) is 3.96. The molecule has 1 fully saturated rings. The fourth-order valence-electron chi connectivity index (χ4n) is 2.52. The van der Waals surface area contributed by atoms with Crippen molar-refractivity contribution in [1.82, 2.24) is 9.88 Å². The van der Waals surface area contributed by atoms with E-state index in [0.717, 1.165) is 29.3 Å². The third kappa shape index (κ3) is 3.36. The van der Waals surface area contributed by atoms with Gasteiger partial charge >= 0.3 is 0 Å². The van der Waals surface area contributed by atoms with E-state index in [1.165, 1.54) is 19.4 Å². The number of aromatic nitrogens is 1. The van der Waals surface area contributed by atoms with Crippen molar-refractivity contribution in [2.24, 2.45) is 5.92 Å². The lowest BCUT2D eigenvalue weighted by atomic mass is 9.96. The fraction of sp³-hybridized carbons (Fsp3) is 0.615.